The Labute approximate surface area is 149 Å². The average molecular weight is 363 g/mol. The molecule has 130 valence electrons. The molecule has 6 nitrogen and oxygen atoms in total. The summed E-state index contributed by atoms with van der Waals surface area (Å²) in [4.78, 5) is 4.19. The number of benzene rings is 1. The van der Waals surface area contributed by atoms with Gasteiger partial charge in [0.15, 0.2) is 5.41 Å². The van der Waals surface area contributed by atoms with Gasteiger partial charge in [0.1, 0.15) is 17.1 Å². The second-order valence-corrected chi connectivity index (χ2v) is 6.26. The molecule has 1 aliphatic carbocycles. The normalized spacial score (nSPS) is 31.6. The van der Waals surface area contributed by atoms with Crippen molar-refractivity contribution >= 4 is 17.4 Å². The molecule has 0 radical (unpaired) electrons. The SMILES string of the molecule is CCOC1(OCC)N=C(N)[C@@]2(C#N)[C@@H](c3c(F)cccc3Cl)[C@@]12C#N. The van der Waals surface area contributed by atoms with Crippen LogP contribution in [0.25, 0.3) is 0 Å². The van der Waals surface area contributed by atoms with E-state index in [0.29, 0.717) is 0 Å². The van der Waals surface area contributed by atoms with Crippen molar-refractivity contribution in [3.63, 3.8) is 0 Å². The molecule has 0 bridgehead atoms. The molecule has 25 heavy (non-hydrogen) atoms. The van der Waals surface area contributed by atoms with Crippen molar-refractivity contribution in [2.45, 2.75) is 25.7 Å². The van der Waals surface area contributed by atoms with Crippen molar-refractivity contribution in [2.75, 3.05) is 13.2 Å². The molecule has 2 aliphatic rings. The Morgan fingerprint density at radius 1 is 1.28 bits per heavy atom. The average Bonchev–Trinajstić information content (AvgIpc) is 3.13. The molecule has 1 aromatic carbocycles. The topological polar surface area (TPSA) is 104 Å². The van der Waals surface area contributed by atoms with E-state index in [2.05, 4.69) is 17.1 Å². The van der Waals surface area contributed by atoms with E-state index in [1.165, 1.54) is 18.2 Å². The van der Waals surface area contributed by atoms with Gasteiger partial charge >= 0.3 is 0 Å². The van der Waals surface area contributed by atoms with E-state index in [9.17, 15) is 14.9 Å². The van der Waals surface area contributed by atoms with Crippen molar-refractivity contribution < 1.29 is 13.9 Å². The van der Waals surface area contributed by atoms with Crippen LogP contribution in [-0.4, -0.2) is 25.0 Å². The zero-order chi connectivity index (χ0) is 18.5. The Hall–Kier alpha value is -2.19. The summed E-state index contributed by atoms with van der Waals surface area (Å²) in [6.07, 6.45) is 0. The summed E-state index contributed by atoms with van der Waals surface area (Å²) in [5.41, 5.74) is 2.92. The highest BCUT2D eigenvalue weighted by Crippen LogP contribution is 2.82. The van der Waals surface area contributed by atoms with Gasteiger partial charge in [-0.1, -0.05) is 17.7 Å². The molecule has 1 aliphatic heterocycles. The van der Waals surface area contributed by atoms with Gasteiger partial charge in [-0.3, -0.25) is 0 Å². The van der Waals surface area contributed by atoms with Crippen LogP contribution in [0.3, 0.4) is 0 Å². The lowest BCUT2D eigenvalue weighted by Crippen LogP contribution is -2.43. The van der Waals surface area contributed by atoms with Crippen LogP contribution in [0.15, 0.2) is 23.2 Å². The fraction of sp³-hybridized carbons (Fsp3) is 0.471. The van der Waals surface area contributed by atoms with Crippen LogP contribution in [0, 0.1) is 39.3 Å². The molecule has 0 spiro atoms. The minimum absolute atomic E-state index is 0.0499. The van der Waals surface area contributed by atoms with E-state index >= 15 is 0 Å². The van der Waals surface area contributed by atoms with Crippen LogP contribution in [0.1, 0.15) is 25.3 Å². The molecular formula is C17H16ClFN4O2. The summed E-state index contributed by atoms with van der Waals surface area (Å²) < 4.78 is 25.9. The second-order valence-electron chi connectivity index (χ2n) is 5.85. The van der Waals surface area contributed by atoms with Crippen LogP contribution in [0.4, 0.5) is 4.39 Å². The molecule has 1 saturated carbocycles. The Balaban J connectivity index is 2.29. The van der Waals surface area contributed by atoms with Gasteiger partial charge in [0.2, 0.25) is 0 Å². The van der Waals surface area contributed by atoms with Gasteiger partial charge in [-0.05, 0) is 26.0 Å². The van der Waals surface area contributed by atoms with Gasteiger partial charge in [0.05, 0.1) is 12.1 Å². The zero-order valence-corrected chi connectivity index (χ0v) is 14.5. The maximum Gasteiger partial charge on any atom is 0.293 e. The van der Waals surface area contributed by atoms with Crippen molar-refractivity contribution in [2.24, 2.45) is 21.6 Å². The zero-order valence-electron chi connectivity index (χ0n) is 13.7. The van der Waals surface area contributed by atoms with E-state index in [1.54, 1.807) is 13.8 Å². The van der Waals surface area contributed by atoms with Gasteiger partial charge in [0, 0.05) is 29.7 Å². The first-order valence-electron chi connectivity index (χ1n) is 7.82. The predicted octanol–water partition coefficient (Wildman–Crippen LogP) is 2.69. The minimum atomic E-state index is -1.78. The van der Waals surface area contributed by atoms with Gasteiger partial charge in [-0.15, -0.1) is 0 Å². The summed E-state index contributed by atoms with van der Waals surface area (Å²) in [5.74, 6) is -3.45. The molecule has 3 rings (SSSR count). The lowest BCUT2D eigenvalue weighted by molar-refractivity contribution is -0.255. The number of fused-ring (bicyclic) bond motifs is 1. The first-order chi connectivity index (χ1) is 11.9. The molecule has 0 saturated heterocycles. The number of nitrogens with two attached hydrogens (primary N) is 1. The summed E-state index contributed by atoms with van der Waals surface area (Å²) in [5, 5.41) is 20.0. The predicted molar refractivity (Wildman–Crippen MR) is 87.8 cm³/mol. The summed E-state index contributed by atoms with van der Waals surface area (Å²) in [6, 6.07) is 8.35. The Bertz CT molecular complexity index is 820. The second kappa shape index (κ2) is 5.67. The van der Waals surface area contributed by atoms with Crippen molar-refractivity contribution in [1.29, 1.82) is 10.5 Å². The first kappa shape index (κ1) is 17.6. The van der Waals surface area contributed by atoms with E-state index in [-0.39, 0.29) is 29.6 Å². The highest BCUT2D eigenvalue weighted by atomic mass is 35.5. The Morgan fingerprint density at radius 2 is 1.92 bits per heavy atom. The molecule has 0 amide bonds. The first-order valence-corrected chi connectivity index (χ1v) is 8.20. The Morgan fingerprint density at radius 3 is 2.40 bits per heavy atom. The number of amidine groups is 1. The quantitative estimate of drug-likeness (QED) is 0.811. The Kier molecular flexibility index (Phi) is 4.00. The number of rotatable bonds is 5. The molecule has 2 N–H and O–H groups in total. The third kappa shape index (κ3) is 1.81. The van der Waals surface area contributed by atoms with Gasteiger partial charge in [0.25, 0.3) is 5.91 Å². The van der Waals surface area contributed by atoms with E-state index in [1.807, 2.05) is 0 Å². The maximum atomic E-state index is 14.5. The number of nitrogens with zero attached hydrogens (tertiary/aromatic N) is 3. The monoisotopic (exact) mass is 362 g/mol. The van der Waals surface area contributed by atoms with Crippen molar-refractivity contribution in [3.8, 4) is 12.1 Å². The van der Waals surface area contributed by atoms with Gasteiger partial charge < -0.3 is 15.2 Å². The minimum Gasteiger partial charge on any atom is -0.386 e. The fourth-order valence-electron chi connectivity index (χ4n) is 3.97. The summed E-state index contributed by atoms with van der Waals surface area (Å²) in [6.45, 7) is 3.74. The molecule has 1 fully saturated rings. The smallest absolute Gasteiger partial charge is 0.293 e. The van der Waals surface area contributed by atoms with Crippen LogP contribution in [-0.2, 0) is 9.47 Å². The molecule has 0 aromatic heterocycles. The van der Waals surface area contributed by atoms with Crippen LogP contribution >= 0.6 is 11.6 Å². The molecule has 1 heterocycles. The highest BCUT2D eigenvalue weighted by molar-refractivity contribution is 6.31. The maximum absolute atomic E-state index is 14.5. The lowest BCUT2D eigenvalue weighted by atomic mass is 9.93. The van der Waals surface area contributed by atoms with Gasteiger partial charge in [-0.2, -0.15) is 10.5 Å². The van der Waals surface area contributed by atoms with Crippen molar-refractivity contribution in [1.82, 2.24) is 0 Å². The van der Waals surface area contributed by atoms with E-state index in [4.69, 9.17) is 26.8 Å². The third-order valence-corrected chi connectivity index (χ3v) is 5.23. The molecule has 3 atom stereocenters. The molecule has 1 aromatic rings. The number of hydrogen-bond acceptors (Lipinski definition) is 6. The van der Waals surface area contributed by atoms with E-state index in [0.717, 1.165) is 0 Å². The number of ether oxygens (including phenoxy) is 2. The number of aliphatic imine (C=N–C) groups is 1. The number of hydrogen-bond donors (Lipinski definition) is 1. The molecule has 0 unspecified atom stereocenters. The van der Waals surface area contributed by atoms with Gasteiger partial charge in [-0.25, -0.2) is 9.38 Å². The third-order valence-electron chi connectivity index (χ3n) is 4.90. The number of halogens is 2. The van der Waals surface area contributed by atoms with Crippen LogP contribution in [0.5, 0.6) is 0 Å². The molecular weight excluding hydrogens is 347 g/mol. The van der Waals surface area contributed by atoms with Crippen molar-refractivity contribution in [3.05, 3.63) is 34.6 Å². The fourth-order valence-corrected chi connectivity index (χ4v) is 4.24. The largest absolute Gasteiger partial charge is 0.386 e. The summed E-state index contributed by atoms with van der Waals surface area (Å²) >= 11 is 6.19. The highest BCUT2D eigenvalue weighted by Gasteiger charge is 2.94. The summed E-state index contributed by atoms with van der Waals surface area (Å²) in [7, 11) is 0. The standard InChI is InChI=1S/C17H16ClFN4O2/c1-3-24-17(25-4-2)16(9-21)13(15(16,8-20)14(22)23-17)12-10(18)6-5-7-11(12)19/h5-7,13H,3-4H2,1-2H3,(H2,22,23)/t13-,15-,16-/m1/s1. The van der Waals surface area contributed by atoms with Crippen LogP contribution in [0.2, 0.25) is 5.02 Å². The van der Waals surface area contributed by atoms with Crippen LogP contribution < -0.4 is 5.73 Å². The van der Waals surface area contributed by atoms with E-state index < -0.39 is 28.5 Å². The lowest BCUT2D eigenvalue weighted by Gasteiger charge is -2.31. The number of nitriles is 2. The molecule has 8 heteroatoms.